The summed E-state index contributed by atoms with van der Waals surface area (Å²) in [6.07, 6.45) is 1.74. The molecule has 10 nitrogen and oxygen atoms in total. The van der Waals surface area contributed by atoms with Gasteiger partial charge in [0.25, 0.3) is 5.91 Å². The van der Waals surface area contributed by atoms with E-state index in [4.69, 9.17) is 10.5 Å². The van der Waals surface area contributed by atoms with Crippen LogP contribution in [0.1, 0.15) is 60.5 Å². The quantitative estimate of drug-likeness (QED) is 0.169. The first-order valence-corrected chi connectivity index (χ1v) is 18.9. The molecule has 54 heavy (non-hydrogen) atoms. The highest BCUT2D eigenvalue weighted by Gasteiger charge is 2.38. The summed E-state index contributed by atoms with van der Waals surface area (Å²) in [5.41, 5.74) is 3.33. The maximum Gasteiger partial charge on any atom is 0.417 e. The van der Waals surface area contributed by atoms with Crippen molar-refractivity contribution in [1.82, 2.24) is 24.1 Å². The van der Waals surface area contributed by atoms with Crippen LogP contribution in [0.4, 0.5) is 37.2 Å². The number of benzene rings is 2. The first-order valence-electron chi connectivity index (χ1n) is 17.2. The minimum absolute atomic E-state index is 0.0444. The van der Waals surface area contributed by atoms with Gasteiger partial charge in [-0.25, -0.2) is 17.5 Å². The van der Waals surface area contributed by atoms with Crippen molar-refractivity contribution in [1.29, 1.82) is 5.26 Å². The molecule has 286 valence electrons. The molecule has 3 fully saturated rings. The van der Waals surface area contributed by atoms with E-state index in [1.807, 2.05) is 4.90 Å². The van der Waals surface area contributed by atoms with Gasteiger partial charge in [-0.05, 0) is 74.8 Å². The fourth-order valence-corrected chi connectivity index (χ4v) is 8.49. The number of ether oxygens (including phenoxy) is 1. The number of nitrogens with two attached hydrogens (primary N) is 1. The number of aromatic nitrogens is 3. The summed E-state index contributed by atoms with van der Waals surface area (Å²) in [7, 11) is 1.23. The van der Waals surface area contributed by atoms with Crippen LogP contribution in [0.3, 0.4) is 0 Å². The minimum atomic E-state index is -5.00. The molecule has 3 N–H and O–H groups in total. The highest BCUT2D eigenvalue weighted by molar-refractivity contribution is 7.23. The van der Waals surface area contributed by atoms with Gasteiger partial charge in [-0.15, -0.1) is 11.3 Å². The molecule has 2 unspecified atom stereocenters. The van der Waals surface area contributed by atoms with Crippen molar-refractivity contribution in [3.63, 3.8) is 0 Å². The summed E-state index contributed by atoms with van der Waals surface area (Å²) in [6.45, 7) is 5.66. The van der Waals surface area contributed by atoms with Crippen LogP contribution >= 0.6 is 22.9 Å². The summed E-state index contributed by atoms with van der Waals surface area (Å²) in [5.74, 6) is -2.01. The molecule has 0 bridgehead atoms. The van der Waals surface area contributed by atoms with Crippen LogP contribution in [0.15, 0.2) is 29.8 Å². The van der Waals surface area contributed by atoms with E-state index in [-0.39, 0.29) is 55.9 Å². The van der Waals surface area contributed by atoms with E-state index in [0.717, 1.165) is 62.7 Å². The summed E-state index contributed by atoms with van der Waals surface area (Å²) in [6, 6.07) is 4.75. The number of nitrogens with zero attached hydrogens (tertiary/aromatic N) is 6. The second kappa shape index (κ2) is 16.3. The van der Waals surface area contributed by atoms with E-state index in [9.17, 15) is 32.0 Å². The Morgan fingerprint density at radius 1 is 1.17 bits per heavy atom. The number of amides is 1. The molecule has 3 aliphatic rings. The molecule has 0 aliphatic carbocycles. The number of likely N-dealkylation sites (tertiary alicyclic amines) is 1. The monoisotopic (exact) mass is 790 g/mol. The van der Waals surface area contributed by atoms with Crippen molar-refractivity contribution in [2.75, 3.05) is 50.9 Å². The third-order valence-corrected chi connectivity index (χ3v) is 11.1. The zero-order chi connectivity index (χ0) is 38.7. The number of carbonyl (C=O) groups excluding carboxylic acids is 1. The first-order chi connectivity index (χ1) is 25.9. The summed E-state index contributed by atoms with van der Waals surface area (Å²) >= 11 is 2.03. The maximum absolute atomic E-state index is 15.9. The topological polar surface area (TPSA) is 133 Å². The van der Waals surface area contributed by atoms with Crippen molar-refractivity contribution in [2.45, 2.75) is 57.4 Å². The van der Waals surface area contributed by atoms with Crippen LogP contribution < -0.4 is 15.8 Å². The van der Waals surface area contributed by atoms with Crippen LogP contribution in [0.25, 0.3) is 32.1 Å². The van der Waals surface area contributed by atoms with Crippen molar-refractivity contribution in [2.24, 2.45) is 0 Å². The minimum Gasteiger partial charge on any atom is -0.467 e. The standard InChI is InChI=1S/C21H14F5N5OS.C8H10N2OS.C7H12FN/c1-3-29-19-9-6-11(21(24,25)26)14(15(23)16(9)30-20(31-19)32-2)8-4-5-12(22)17-13(8)10(7-27)18(28)33-17;11-8(7-5-9-12-6-7)10-3-1-2-4-10;8-6-4-7-2-1-3-9(7)5-6/h4-6H,3,28H2,1-2H3,(H,29,30,31);5-6H,1-4H2;6-7H,1-5H2. The Balaban J connectivity index is 0.000000189. The van der Waals surface area contributed by atoms with Crippen LogP contribution in [0.2, 0.25) is 0 Å². The first kappa shape index (κ1) is 39.0. The molecule has 18 heteroatoms. The van der Waals surface area contributed by atoms with Crippen LogP contribution in [-0.2, 0) is 6.18 Å². The Morgan fingerprint density at radius 2 is 1.93 bits per heavy atom. The lowest BCUT2D eigenvalue weighted by Crippen LogP contribution is -2.27. The van der Waals surface area contributed by atoms with Gasteiger partial charge in [-0.2, -0.15) is 28.4 Å². The normalized spacial score (nSPS) is 18.2. The number of alkyl halides is 4. The second-order valence-corrected chi connectivity index (χ2v) is 14.6. The Kier molecular flexibility index (Phi) is 11.8. The van der Waals surface area contributed by atoms with Crippen LogP contribution in [0.5, 0.6) is 6.01 Å². The summed E-state index contributed by atoms with van der Waals surface area (Å²) in [4.78, 5) is 23.7. The number of methoxy groups -OCH3 is 1. The van der Waals surface area contributed by atoms with Crippen molar-refractivity contribution >= 4 is 60.6 Å². The molecule has 2 atom stereocenters. The lowest BCUT2D eigenvalue weighted by Gasteiger charge is -2.18. The molecule has 5 aromatic rings. The predicted octanol–water partition coefficient (Wildman–Crippen LogP) is 8.27. The molecular formula is C36H36F6N8O2S2. The Morgan fingerprint density at radius 3 is 2.56 bits per heavy atom. The zero-order valence-electron chi connectivity index (χ0n) is 29.3. The fourth-order valence-electron chi connectivity index (χ4n) is 7.04. The number of thiophene rings is 1. The lowest BCUT2D eigenvalue weighted by atomic mass is 9.92. The number of anilines is 2. The number of nitriles is 1. The Labute approximate surface area is 314 Å². The highest BCUT2D eigenvalue weighted by Crippen LogP contribution is 2.47. The molecule has 0 saturated carbocycles. The van der Waals surface area contributed by atoms with Gasteiger partial charge in [0.05, 0.1) is 34.7 Å². The molecule has 3 aromatic heterocycles. The number of nitrogens with one attached hydrogen (secondary N) is 1. The van der Waals surface area contributed by atoms with Gasteiger partial charge < -0.3 is 20.7 Å². The average Bonchev–Trinajstić information content (AvgIpc) is 3.99. The molecular weight excluding hydrogens is 755 g/mol. The molecule has 3 saturated heterocycles. The van der Waals surface area contributed by atoms with E-state index in [1.165, 1.54) is 31.5 Å². The Hall–Kier alpha value is -4.73. The number of fused-ring (bicyclic) bond motifs is 3. The third-order valence-electron chi connectivity index (χ3n) is 9.47. The zero-order valence-corrected chi connectivity index (χ0v) is 30.9. The SMILES string of the molecule is CCNc1nc(OC)nc2c(F)c(-c3ccc(F)c4sc(N)c(C#N)c34)c(C(F)(F)F)cc12.FC1CC2CCCN2C1.O=C(c1cnsc1)N1CCCC1. The summed E-state index contributed by atoms with van der Waals surface area (Å²) < 4.78 is 94.1. The van der Waals surface area contributed by atoms with Gasteiger partial charge in [0, 0.05) is 53.9 Å². The average molecular weight is 791 g/mol. The van der Waals surface area contributed by atoms with E-state index >= 15 is 4.39 Å². The highest BCUT2D eigenvalue weighted by atomic mass is 32.1. The van der Waals surface area contributed by atoms with E-state index in [1.54, 1.807) is 24.6 Å². The lowest BCUT2D eigenvalue weighted by molar-refractivity contribution is -0.137. The molecule has 1 amide bonds. The second-order valence-electron chi connectivity index (χ2n) is 12.9. The number of rotatable bonds is 5. The van der Waals surface area contributed by atoms with Crippen molar-refractivity contribution < 1.29 is 35.9 Å². The Bertz CT molecular complexity index is 2170. The predicted molar refractivity (Wildman–Crippen MR) is 196 cm³/mol. The molecule has 2 aromatic carbocycles. The number of hydrogen-bond acceptors (Lipinski definition) is 11. The molecule has 3 aliphatic heterocycles. The largest absolute Gasteiger partial charge is 0.467 e. The number of hydrogen-bond donors (Lipinski definition) is 2. The van der Waals surface area contributed by atoms with Gasteiger partial charge in [0.2, 0.25) is 0 Å². The van der Waals surface area contributed by atoms with E-state index < -0.39 is 40.6 Å². The number of halogens is 6. The smallest absolute Gasteiger partial charge is 0.417 e. The van der Waals surface area contributed by atoms with Gasteiger partial charge in [0.15, 0.2) is 5.82 Å². The molecule has 8 rings (SSSR count). The number of carbonyl (C=O) groups is 1. The van der Waals surface area contributed by atoms with Crippen molar-refractivity contribution in [3.05, 3.63) is 58.1 Å². The van der Waals surface area contributed by atoms with Gasteiger partial charge >= 0.3 is 12.2 Å². The van der Waals surface area contributed by atoms with Gasteiger partial charge in [-0.3, -0.25) is 9.69 Å². The summed E-state index contributed by atoms with van der Waals surface area (Å²) in [5, 5.41) is 13.6. The van der Waals surface area contributed by atoms with E-state index in [0.29, 0.717) is 23.9 Å². The van der Waals surface area contributed by atoms with Crippen molar-refractivity contribution in [3.8, 4) is 23.2 Å². The van der Waals surface area contributed by atoms with Crippen LogP contribution in [-0.4, -0.2) is 82.1 Å². The maximum atomic E-state index is 15.9. The number of nitrogen functional groups attached to an aromatic ring is 1. The molecule has 6 heterocycles. The van der Waals surface area contributed by atoms with Crippen LogP contribution in [0, 0.1) is 23.0 Å². The third kappa shape index (κ3) is 7.89. The molecule has 0 spiro atoms. The van der Waals surface area contributed by atoms with E-state index in [2.05, 4.69) is 24.6 Å². The fraction of sp³-hybridized carbons (Fsp3) is 0.417. The van der Waals surface area contributed by atoms with Gasteiger partial charge in [-0.1, -0.05) is 6.07 Å². The molecule has 0 radical (unpaired) electrons. The van der Waals surface area contributed by atoms with Gasteiger partial charge in [0.1, 0.15) is 34.4 Å².